The summed E-state index contributed by atoms with van der Waals surface area (Å²) in [5.74, 6) is 0.188. The van der Waals surface area contributed by atoms with Crippen molar-refractivity contribution < 1.29 is 27.1 Å². The van der Waals surface area contributed by atoms with Crippen LogP contribution in [0.4, 0.5) is 4.39 Å². The maximum absolute atomic E-state index is 13.9. The molecule has 1 aliphatic heterocycles. The van der Waals surface area contributed by atoms with Crippen LogP contribution in [-0.2, 0) is 10.0 Å². The Bertz CT molecular complexity index is 1230. The van der Waals surface area contributed by atoms with Gasteiger partial charge in [-0.2, -0.15) is 4.31 Å². The van der Waals surface area contributed by atoms with Gasteiger partial charge in [-0.1, -0.05) is 6.07 Å². The lowest BCUT2D eigenvalue weighted by molar-refractivity contribution is 0.0703. The second kappa shape index (κ2) is 8.45. The number of halogens is 1. The van der Waals surface area contributed by atoms with E-state index in [1.807, 2.05) is 0 Å². The minimum absolute atomic E-state index is 0.102. The molecule has 1 amide bonds. The van der Waals surface area contributed by atoms with Gasteiger partial charge >= 0.3 is 0 Å². The lowest BCUT2D eigenvalue weighted by Crippen LogP contribution is -2.50. The van der Waals surface area contributed by atoms with Crippen molar-refractivity contribution in [2.75, 3.05) is 40.4 Å². The molecule has 1 saturated heterocycles. The highest BCUT2D eigenvalue weighted by molar-refractivity contribution is 7.89. The number of benzene rings is 2. The van der Waals surface area contributed by atoms with Crippen LogP contribution in [0.5, 0.6) is 11.5 Å². The maximum Gasteiger partial charge on any atom is 0.264 e. The number of nitrogens with zero attached hydrogens (tertiary/aromatic N) is 2. The van der Waals surface area contributed by atoms with E-state index in [0.29, 0.717) is 26.5 Å². The van der Waals surface area contributed by atoms with Crippen LogP contribution >= 0.6 is 11.3 Å². The summed E-state index contributed by atoms with van der Waals surface area (Å²) in [5.41, 5.74) is 0. The molecule has 1 fully saturated rings. The van der Waals surface area contributed by atoms with Crippen molar-refractivity contribution in [2.24, 2.45) is 0 Å². The van der Waals surface area contributed by atoms with Crippen LogP contribution in [0.1, 0.15) is 9.67 Å². The molecule has 2 heterocycles. The van der Waals surface area contributed by atoms with Crippen molar-refractivity contribution in [2.45, 2.75) is 4.90 Å². The molecular weight excluding hydrogens is 443 g/mol. The predicted molar refractivity (Wildman–Crippen MR) is 116 cm³/mol. The molecule has 0 aliphatic carbocycles. The predicted octanol–water partition coefficient (Wildman–Crippen LogP) is 3.20. The molecule has 0 atom stereocenters. The van der Waals surface area contributed by atoms with Gasteiger partial charge in [0.15, 0.2) is 11.5 Å². The van der Waals surface area contributed by atoms with Crippen LogP contribution in [0.3, 0.4) is 0 Å². The highest BCUT2D eigenvalue weighted by Gasteiger charge is 2.31. The minimum Gasteiger partial charge on any atom is -0.493 e. The zero-order valence-corrected chi connectivity index (χ0v) is 18.6. The number of ether oxygens (including phenoxy) is 2. The minimum atomic E-state index is -3.75. The van der Waals surface area contributed by atoms with Gasteiger partial charge in [-0.15, -0.1) is 11.3 Å². The quantitative estimate of drug-likeness (QED) is 0.580. The Balaban J connectivity index is 1.48. The van der Waals surface area contributed by atoms with Crippen molar-refractivity contribution in [3.05, 3.63) is 53.2 Å². The summed E-state index contributed by atoms with van der Waals surface area (Å²) in [6, 6.07) is 10.8. The average molecular weight is 465 g/mol. The molecule has 3 aromatic rings. The molecule has 0 bridgehead atoms. The molecule has 4 rings (SSSR count). The number of hydrogen-bond acceptors (Lipinski definition) is 6. The molecule has 0 N–H and O–H groups in total. The maximum atomic E-state index is 13.9. The molecule has 2 aromatic carbocycles. The Hall–Kier alpha value is -2.69. The SMILES string of the molecule is COc1ccc(S(=O)(=O)N2CCN(C(=O)c3cc4c(F)cccc4s3)CC2)cc1OC. The summed E-state index contributed by atoms with van der Waals surface area (Å²) in [5, 5.41) is 0.422. The number of methoxy groups -OCH3 is 2. The van der Waals surface area contributed by atoms with E-state index < -0.39 is 10.0 Å². The molecular formula is C21H21FN2O5S2. The summed E-state index contributed by atoms with van der Waals surface area (Å²) in [7, 11) is -0.824. The van der Waals surface area contributed by atoms with Gasteiger partial charge in [0.25, 0.3) is 5.91 Å². The van der Waals surface area contributed by atoms with E-state index in [2.05, 4.69) is 0 Å². The second-order valence-corrected chi connectivity index (χ2v) is 10.00. The lowest BCUT2D eigenvalue weighted by atomic mass is 10.2. The Morgan fingerprint density at radius 3 is 2.35 bits per heavy atom. The van der Waals surface area contributed by atoms with Crippen LogP contribution in [0, 0.1) is 5.82 Å². The van der Waals surface area contributed by atoms with Crippen LogP contribution in [0.25, 0.3) is 10.1 Å². The molecule has 1 aromatic heterocycles. The van der Waals surface area contributed by atoms with Crippen molar-refractivity contribution in [1.82, 2.24) is 9.21 Å². The van der Waals surface area contributed by atoms with E-state index in [1.54, 1.807) is 29.2 Å². The highest BCUT2D eigenvalue weighted by Crippen LogP contribution is 2.32. The topological polar surface area (TPSA) is 76.2 Å². The van der Waals surface area contributed by atoms with E-state index in [1.165, 1.54) is 48.1 Å². The van der Waals surface area contributed by atoms with Crippen molar-refractivity contribution in [3.63, 3.8) is 0 Å². The van der Waals surface area contributed by atoms with Crippen molar-refractivity contribution >= 4 is 37.4 Å². The molecule has 0 spiro atoms. The van der Waals surface area contributed by atoms with Gasteiger partial charge in [0.1, 0.15) is 5.82 Å². The van der Waals surface area contributed by atoms with E-state index >= 15 is 0 Å². The van der Waals surface area contributed by atoms with Crippen LogP contribution in [-0.4, -0.2) is 63.9 Å². The van der Waals surface area contributed by atoms with Crippen LogP contribution in [0.15, 0.2) is 47.4 Å². The number of carbonyl (C=O) groups excluding carboxylic acids is 1. The van der Waals surface area contributed by atoms with Crippen LogP contribution in [0.2, 0.25) is 0 Å². The smallest absolute Gasteiger partial charge is 0.264 e. The fraction of sp³-hybridized carbons (Fsp3) is 0.286. The average Bonchev–Trinajstić information content (AvgIpc) is 3.24. The number of rotatable bonds is 5. The summed E-state index contributed by atoms with van der Waals surface area (Å²) in [4.78, 5) is 15.0. The molecule has 10 heteroatoms. The van der Waals surface area contributed by atoms with Crippen LogP contribution < -0.4 is 9.47 Å². The molecule has 1 aliphatic rings. The normalized spacial score (nSPS) is 15.3. The van der Waals surface area contributed by atoms with Gasteiger partial charge in [0.05, 0.1) is 24.0 Å². The van der Waals surface area contributed by atoms with Gasteiger partial charge in [-0.25, -0.2) is 12.8 Å². The summed E-state index contributed by atoms with van der Waals surface area (Å²) in [6.45, 7) is 0.841. The molecule has 7 nitrogen and oxygen atoms in total. The fourth-order valence-corrected chi connectivity index (χ4v) is 6.03. The largest absolute Gasteiger partial charge is 0.493 e. The van der Waals surface area contributed by atoms with Gasteiger partial charge in [-0.3, -0.25) is 4.79 Å². The van der Waals surface area contributed by atoms with E-state index in [0.717, 1.165) is 0 Å². The molecule has 31 heavy (non-hydrogen) atoms. The van der Waals surface area contributed by atoms with E-state index in [-0.39, 0.29) is 42.8 Å². The van der Waals surface area contributed by atoms with Crippen molar-refractivity contribution in [3.8, 4) is 11.5 Å². The third-order valence-electron chi connectivity index (χ3n) is 5.24. The third kappa shape index (κ3) is 3.98. The first-order chi connectivity index (χ1) is 14.8. The zero-order valence-electron chi connectivity index (χ0n) is 17.0. The molecule has 0 saturated carbocycles. The van der Waals surface area contributed by atoms with E-state index in [4.69, 9.17) is 9.47 Å². The highest BCUT2D eigenvalue weighted by atomic mass is 32.2. The number of sulfonamides is 1. The molecule has 164 valence electrons. The Kier molecular flexibility index (Phi) is 5.87. The third-order valence-corrected chi connectivity index (χ3v) is 8.22. The monoisotopic (exact) mass is 464 g/mol. The van der Waals surface area contributed by atoms with Gasteiger partial charge in [-0.05, 0) is 30.3 Å². The Morgan fingerprint density at radius 2 is 1.71 bits per heavy atom. The molecule has 0 unspecified atom stereocenters. The molecule has 0 radical (unpaired) electrons. The Labute approximate surface area is 183 Å². The number of piperazine rings is 1. The first-order valence-electron chi connectivity index (χ1n) is 9.54. The Morgan fingerprint density at radius 1 is 1.00 bits per heavy atom. The zero-order chi connectivity index (χ0) is 22.2. The standard InChI is InChI=1S/C21H21FN2O5S2/c1-28-17-7-6-14(12-18(17)29-2)31(26,27)24-10-8-23(9-11-24)21(25)20-13-15-16(22)4-3-5-19(15)30-20/h3-7,12-13H,8-11H2,1-2H3. The first kappa shape index (κ1) is 21.5. The van der Waals surface area contributed by atoms with E-state index in [9.17, 15) is 17.6 Å². The van der Waals surface area contributed by atoms with Gasteiger partial charge in [0, 0.05) is 42.3 Å². The first-order valence-corrected chi connectivity index (χ1v) is 11.8. The number of fused-ring (bicyclic) bond motifs is 1. The summed E-state index contributed by atoms with van der Waals surface area (Å²) >= 11 is 1.24. The second-order valence-electron chi connectivity index (χ2n) is 6.98. The fourth-order valence-electron chi connectivity index (χ4n) is 3.54. The number of hydrogen-bond donors (Lipinski definition) is 0. The number of carbonyl (C=O) groups is 1. The summed E-state index contributed by atoms with van der Waals surface area (Å²) in [6.07, 6.45) is 0. The number of amides is 1. The number of thiophene rings is 1. The summed E-state index contributed by atoms with van der Waals surface area (Å²) < 4.78 is 52.4. The van der Waals surface area contributed by atoms with Crippen molar-refractivity contribution in [1.29, 1.82) is 0 Å². The van der Waals surface area contributed by atoms with Gasteiger partial charge < -0.3 is 14.4 Å². The lowest BCUT2D eigenvalue weighted by Gasteiger charge is -2.33. The van der Waals surface area contributed by atoms with Gasteiger partial charge in [0.2, 0.25) is 10.0 Å².